The molecule has 1 saturated carbocycles. The predicted octanol–water partition coefficient (Wildman–Crippen LogP) is 6.86. The number of rotatable bonds is 14. The Balaban J connectivity index is 1.18. The van der Waals surface area contributed by atoms with Gasteiger partial charge in [0.15, 0.2) is 5.78 Å². The second-order valence-corrected chi connectivity index (χ2v) is 11.1. The fraction of sp³-hybridized carbons (Fsp3) is 0.270. The van der Waals surface area contributed by atoms with Gasteiger partial charge in [-0.05, 0) is 73.4 Å². The number of halogens is 1. The Morgan fingerprint density at radius 3 is 2.24 bits per heavy atom. The molecule has 0 spiro atoms. The number of hydrogen-bond donors (Lipinski definition) is 1. The first kappa shape index (κ1) is 31.4. The zero-order chi connectivity index (χ0) is 31.6. The second-order valence-electron chi connectivity index (χ2n) is 11.1. The van der Waals surface area contributed by atoms with Crippen LogP contribution in [-0.2, 0) is 20.7 Å². The van der Waals surface area contributed by atoms with Gasteiger partial charge in [-0.15, -0.1) is 0 Å². The minimum atomic E-state index is -0.725. The lowest BCUT2D eigenvalue weighted by Crippen LogP contribution is -2.40. The van der Waals surface area contributed by atoms with Gasteiger partial charge in [-0.3, -0.25) is 9.59 Å². The van der Waals surface area contributed by atoms with Crippen molar-refractivity contribution >= 4 is 29.0 Å². The highest BCUT2D eigenvalue weighted by Gasteiger charge is 2.30. The molecule has 232 valence electrons. The molecule has 1 N–H and O–H groups in total. The Bertz CT molecular complexity index is 1590. The number of ketones is 1. The van der Waals surface area contributed by atoms with Crippen molar-refractivity contribution in [3.05, 3.63) is 126 Å². The van der Waals surface area contributed by atoms with E-state index >= 15 is 0 Å². The normalized spacial score (nSPS) is 13.3. The molecule has 45 heavy (non-hydrogen) atoms. The quantitative estimate of drug-likeness (QED) is 0.0957. The number of para-hydroxylation sites is 1. The molecule has 0 radical (unpaired) electrons. The first-order valence-electron chi connectivity index (χ1n) is 15.2. The summed E-state index contributed by atoms with van der Waals surface area (Å²) in [5.74, 6) is -0.142. The van der Waals surface area contributed by atoms with Crippen LogP contribution in [0.15, 0.2) is 103 Å². The highest BCUT2D eigenvalue weighted by Crippen LogP contribution is 2.30. The van der Waals surface area contributed by atoms with Gasteiger partial charge in [-0.25, -0.2) is 9.18 Å². The first-order valence-corrected chi connectivity index (χ1v) is 15.2. The highest BCUT2D eigenvalue weighted by atomic mass is 19.1. The van der Waals surface area contributed by atoms with Crippen LogP contribution in [0.4, 0.5) is 15.8 Å². The van der Waals surface area contributed by atoms with Gasteiger partial charge in [0.25, 0.3) is 0 Å². The van der Waals surface area contributed by atoms with Crippen molar-refractivity contribution in [1.29, 1.82) is 0 Å². The average molecular weight is 609 g/mol. The molecule has 0 aromatic heterocycles. The third-order valence-corrected chi connectivity index (χ3v) is 8.04. The van der Waals surface area contributed by atoms with Gasteiger partial charge in [-0.1, -0.05) is 61.0 Å². The number of nitrogens with one attached hydrogen (secondary N) is 1. The van der Waals surface area contributed by atoms with Gasteiger partial charge in [0, 0.05) is 41.4 Å². The van der Waals surface area contributed by atoms with Crippen molar-refractivity contribution in [3.63, 3.8) is 0 Å². The summed E-state index contributed by atoms with van der Waals surface area (Å²) in [6, 6.07) is 28.9. The first-order chi connectivity index (χ1) is 21.9. The molecule has 8 heteroatoms. The number of carbonyl (C=O) groups is 3. The molecule has 1 amide bonds. The lowest BCUT2D eigenvalue weighted by Gasteiger charge is -2.31. The number of nitrogens with zero attached hydrogens (tertiary/aromatic N) is 1. The van der Waals surface area contributed by atoms with Crippen LogP contribution in [0.2, 0.25) is 0 Å². The summed E-state index contributed by atoms with van der Waals surface area (Å²) in [6.45, 7) is 0.868. The summed E-state index contributed by atoms with van der Waals surface area (Å²) in [6.07, 6.45) is 3.78. The third-order valence-electron chi connectivity index (χ3n) is 8.04. The van der Waals surface area contributed by atoms with Crippen LogP contribution < -0.4 is 15.0 Å². The van der Waals surface area contributed by atoms with E-state index in [0.29, 0.717) is 54.2 Å². The number of ether oxygens (including phenoxy) is 2. The largest absolute Gasteiger partial charge is 0.494 e. The highest BCUT2D eigenvalue weighted by molar-refractivity contribution is 6.12. The molecule has 7 nitrogen and oxygen atoms in total. The summed E-state index contributed by atoms with van der Waals surface area (Å²) >= 11 is 0. The number of anilines is 2. The lowest BCUT2D eigenvalue weighted by atomic mass is 9.84. The van der Waals surface area contributed by atoms with Crippen molar-refractivity contribution in [2.24, 2.45) is 5.92 Å². The van der Waals surface area contributed by atoms with E-state index in [4.69, 9.17) is 9.47 Å². The molecule has 1 unspecified atom stereocenters. The van der Waals surface area contributed by atoms with E-state index in [1.54, 1.807) is 47.4 Å². The van der Waals surface area contributed by atoms with Crippen molar-refractivity contribution in [1.82, 2.24) is 0 Å². The molecule has 1 aliphatic rings. The van der Waals surface area contributed by atoms with Crippen LogP contribution >= 0.6 is 0 Å². The summed E-state index contributed by atoms with van der Waals surface area (Å²) in [5, 5.41) is 3.23. The lowest BCUT2D eigenvalue weighted by molar-refractivity contribution is -0.141. The zero-order valence-corrected chi connectivity index (χ0v) is 25.3. The summed E-state index contributed by atoms with van der Waals surface area (Å²) in [7, 11) is 1.34. The van der Waals surface area contributed by atoms with E-state index < -0.39 is 12.0 Å². The van der Waals surface area contributed by atoms with Gasteiger partial charge in [0.1, 0.15) is 17.6 Å². The number of amides is 1. The van der Waals surface area contributed by atoms with Gasteiger partial charge >= 0.3 is 5.97 Å². The van der Waals surface area contributed by atoms with E-state index in [9.17, 15) is 18.8 Å². The van der Waals surface area contributed by atoms with E-state index in [-0.39, 0.29) is 23.4 Å². The third kappa shape index (κ3) is 8.15. The van der Waals surface area contributed by atoms with Gasteiger partial charge < -0.3 is 19.7 Å². The van der Waals surface area contributed by atoms with Crippen molar-refractivity contribution in [2.45, 2.75) is 38.1 Å². The Labute approximate surface area is 263 Å². The Morgan fingerprint density at radius 2 is 1.58 bits per heavy atom. The molecule has 0 heterocycles. The number of carbonyl (C=O) groups excluding carboxylic acids is 3. The number of hydrogen-bond acceptors (Lipinski definition) is 6. The van der Waals surface area contributed by atoms with Crippen molar-refractivity contribution in [2.75, 3.05) is 30.5 Å². The molecule has 4 aromatic rings. The molecule has 1 atom stereocenters. The molecule has 0 bridgehead atoms. The van der Waals surface area contributed by atoms with Crippen LogP contribution in [0.25, 0.3) is 0 Å². The maximum atomic E-state index is 13.5. The van der Waals surface area contributed by atoms with E-state index in [2.05, 4.69) is 5.32 Å². The van der Waals surface area contributed by atoms with Crippen LogP contribution in [0, 0.1) is 11.7 Å². The number of methoxy groups -OCH3 is 1. The SMILES string of the molecule is COC(=O)C(Cc1ccc(OCCCN(C(=O)C2CCC2)c2ccc(F)cc2)cc1)Nc1ccccc1C(=O)c1ccccc1. The maximum Gasteiger partial charge on any atom is 0.328 e. The van der Waals surface area contributed by atoms with Crippen LogP contribution in [0.5, 0.6) is 5.75 Å². The summed E-state index contributed by atoms with van der Waals surface area (Å²) in [4.78, 5) is 40.7. The van der Waals surface area contributed by atoms with Crippen molar-refractivity contribution in [3.8, 4) is 5.75 Å². The second kappa shape index (κ2) is 15.1. The zero-order valence-electron chi connectivity index (χ0n) is 25.3. The molecule has 0 saturated heterocycles. The Kier molecular flexibility index (Phi) is 10.6. The van der Waals surface area contributed by atoms with Crippen LogP contribution in [-0.4, -0.2) is 44.0 Å². The van der Waals surface area contributed by atoms with Crippen molar-refractivity contribution < 1.29 is 28.2 Å². The summed E-state index contributed by atoms with van der Waals surface area (Å²) in [5.41, 5.74) is 3.15. The maximum absolute atomic E-state index is 13.5. The Morgan fingerprint density at radius 1 is 0.889 bits per heavy atom. The van der Waals surface area contributed by atoms with Crippen LogP contribution in [0.1, 0.15) is 47.2 Å². The number of benzene rings is 4. The van der Waals surface area contributed by atoms with Crippen LogP contribution in [0.3, 0.4) is 0 Å². The molecule has 1 fully saturated rings. The Hall–Kier alpha value is -4.98. The number of esters is 1. The smallest absolute Gasteiger partial charge is 0.328 e. The molecule has 0 aliphatic heterocycles. The molecule has 5 rings (SSSR count). The van der Waals surface area contributed by atoms with Gasteiger partial charge in [-0.2, -0.15) is 0 Å². The minimum absolute atomic E-state index is 0.0321. The molecular weight excluding hydrogens is 571 g/mol. The van der Waals surface area contributed by atoms with Gasteiger partial charge in [0.05, 0.1) is 13.7 Å². The van der Waals surface area contributed by atoms with Gasteiger partial charge in [0.2, 0.25) is 5.91 Å². The topological polar surface area (TPSA) is 84.9 Å². The molecular formula is C37H37FN2O5. The van der Waals surface area contributed by atoms with E-state index in [0.717, 1.165) is 24.8 Å². The van der Waals surface area contributed by atoms with E-state index in [1.807, 2.05) is 48.5 Å². The standard InChI is InChI=1S/C37H37FN2O5/c1-44-37(43)34(39-33-14-6-5-13-32(33)35(41)27-9-3-2-4-10-27)25-26-15-21-31(22-16-26)45-24-8-23-40(36(42)28-11-7-12-28)30-19-17-29(38)18-20-30/h2-6,9-10,13-22,28,34,39H,7-8,11-12,23-25H2,1H3. The minimum Gasteiger partial charge on any atom is -0.494 e. The fourth-order valence-electron chi connectivity index (χ4n) is 5.31. The van der Waals surface area contributed by atoms with E-state index in [1.165, 1.54) is 19.2 Å². The average Bonchev–Trinajstić information content (AvgIpc) is 3.05. The summed E-state index contributed by atoms with van der Waals surface area (Å²) < 4.78 is 24.5. The predicted molar refractivity (Wildman–Crippen MR) is 172 cm³/mol. The molecule has 4 aromatic carbocycles. The fourth-order valence-corrected chi connectivity index (χ4v) is 5.31. The molecule has 1 aliphatic carbocycles. The monoisotopic (exact) mass is 608 g/mol.